The van der Waals surface area contributed by atoms with E-state index in [0.717, 1.165) is 12.8 Å². The van der Waals surface area contributed by atoms with Crippen molar-refractivity contribution in [2.24, 2.45) is 5.92 Å². The number of amides is 2. The third kappa shape index (κ3) is 3.21. The second-order valence-corrected chi connectivity index (χ2v) is 3.95. The Morgan fingerprint density at radius 1 is 1.41 bits per heavy atom. The zero-order valence-corrected chi connectivity index (χ0v) is 9.31. The molecule has 0 saturated heterocycles. The summed E-state index contributed by atoms with van der Waals surface area (Å²) in [5.74, 6) is -0.187. The molecule has 1 atom stereocenters. The molecule has 0 aliphatic heterocycles. The molecule has 1 aromatic rings. The van der Waals surface area contributed by atoms with Crippen molar-refractivity contribution < 1.29 is 14.0 Å². The minimum absolute atomic E-state index is 0.172. The Labute approximate surface area is 98.8 Å². The van der Waals surface area contributed by atoms with Crippen LogP contribution in [0.1, 0.15) is 29.8 Å². The van der Waals surface area contributed by atoms with E-state index in [9.17, 15) is 9.59 Å². The Bertz CT molecular complexity index is 423. The van der Waals surface area contributed by atoms with Gasteiger partial charge in [0.25, 0.3) is 0 Å². The molecule has 1 aliphatic carbocycles. The minimum Gasteiger partial charge on any atom is -0.459 e. The highest BCUT2D eigenvalue weighted by atomic mass is 16.3. The summed E-state index contributed by atoms with van der Waals surface area (Å²) in [4.78, 5) is 22.9. The summed E-state index contributed by atoms with van der Waals surface area (Å²) in [5, 5.41) is 0. The van der Waals surface area contributed by atoms with Gasteiger partial charge in [0.2, 0.25) is 5.91 Å². The first kappa shape index (κ1) is 11.4. The summed E-state index contributed by atoms with van der Waals surface area (Å²) in [5.41, 5.74) is 4.67. The smallest absolute Gasteiger partial charge is 0.305 e. The maximum atomic E-state index is 11.5. The van der Waals surface area contributed by atoms with E-state index in [-0.39, 0.29) is 17.6 Å². The van der Waals surface area contributed by atoms with Crippen LogP contribution in [0.25, 0.3) is 0 Å². The van der Waals surface area contributed by atoms with Gasteiger partial charge in [0.1, 0.15) is 0 Å². The molecule has 2 amide bonds. The van der Waals surface area contributed by atoms with Crippen LogP contribution >= 0.6 is 0 Å². The van der Waals surface area contributed by atoms with Crippen LogP contribution in [-0.4, -0.2) is 11.8 Å². The Morgan fingerprint density at radius 2 is 2.29 bits per heavy atom. The Balaban J connectivity index is 1.72. The molecule has 0 bridgehead atoms. The van der Waals surface area contributed by atoms with Crippen molar-refractivity contribution in [3.8, 4) is 0 Å². The van der Waals surface area contributed by atoms with Crippen LogP contribution in [0, 0.1) is 5.92 Å². The van der Waals surface area contributed by atoms with Crippen molar-refractivity contribution >= 4 is 11.8 Å². The van der Waals surface area contributed by atoms with Gasteiger partial charge in [-0.25, -0.2) is 0 Å². The molecule has 5 heteroatoms. The van der Waals surface area contributed by atoms with Crippen molar-refractivity contribution in [2.75, 3.05) is 0 Å². The lowest BCUT2D eigenvalue weighted by Crippen LogP contribution is -2.41. The summed E-state index contributed by atoms with van der Waals surface area (Å²) in [6.45, 7) is 0. The number of hydrogen-bond acceptors (Lipinski definition) is 3. The SMILES string of the molecule is O=C(C[C@H]1C=CCC1)NNC(=O)c1ccco1. The molecule has 1 aromatic heterocycles. The van der Waals surface area contributed by atoms with E-state index in [0.29, 0.717) is 6.42 Å². The predicted octanol–water partition coefficient (Wildman–Crippen LogP) is 1.40. The van der Waals surface area contributed by atoms with E-state index in [1.807, 2.05) is 6.08 Å². The number of carbonyl (C=O) groups is 2. The molecule has 17 heavy (non-hydrogen) atoms. The predicted molar refractivity (Wildman–Crippen MR) is 60.8 cm³/mol. The fraction of sp³-hybridized carbons (Fsp3) is 0.333. The maximum absolute atomic E-state index is 11.5. The van der Waals surface area contributed by atoms with Gasteiger partial charge in [-0.2, -0.15) is 0 Å². The van der Waals surface area contributed by atoms with E-state index in [1.165, 1.54) is 12.3 Å². The van der Waals surface area contributed by atoms with E-state index < -0.39 is 5.91 Å². The number of furan rings is 1. The zero-order chi connectivity index (χ0) is 12.1. The fourth-order valence-corrected chi connectivity index (χ4v) is 1.75. The van der Waals surface area contributed by atoms with Crippen LogP contribution in [0.15, 0.2) is 35.0 Å². The van der Waals surface area contributed by atoms with Gasteiger partial charge >= 0.3 is 5.91 Å². The first-order valence-corrected chi connectivity index (χ1v) is 5.55. The highest BCUT2D eigenvalue weighted by Gasteiger charge is 2.15. The topological polar surface area (TPSA) is 71.3 Å². The molecular weight excluding hydrogens is 220 g/mol. The molecular formula is C12H14N2O3. The number of carbonyl (C=O) groups excluding carboxylic acids is 2. The van der Waals surface area contributed by atoms with Crippen molar-refractivity contribution in [1.82, 2.24) is 10.9 Å². The van der Waals surface area contributed by atoms with Crippen molar-refractivity contribution in [1.29, 1.82) is 0 Å². The third-order valence-corrected chi connectivity index (χ3v) is 2.62. The van der Waals surface area contributed by atoms with Gasteiger partial charge in [0, 0.05) is 6.42 Å². The Kier molecular flexibility index (Phi) is 3.59. The molecule has 90 valence electrons. The third-order valence-electron chi connectivity index (χ3n) is 2.62. The number of rotatable bonds is 3. The molecule has 1 heterocycles. The maximum Gasteiger partial charge on any atom is 0.305 e. The van der Waals surface area contributed by atoms with E-state index >= 15 is 0 Å². The average Bonchev–Trinajstić information content (AvgIpc) is 2.97. The average molecular weight is 234 g/mol. The molecule has 0 aromatic carbocycles. The second kappa shape index (κ2) is 5.34. The largest absolute Gasteiger partial charge is 0.459 e. The summed E-state index contributed by atoms with van der Waals surface area (Å²) in [6.07, 6.45) is 7.93. The molecule has 0 radical (unpaired) electrons. The van der Waals surface area contributed by atoms with Gasteiger partial charge in [-0.15, -0.1) is 0 Å². The monoisotopic (exact) mass is 234 g/mol. The van der Waals surface area contributed by atoms with Crippen LogP contribution < -0.4 is 10.9 Å². The van der Waals surface area contributed by atoms with Crippen molar-refractivity contribution in [2.45, 2.75) is 19.3 Å². The van der Waals surface area contributed by atoms with Crippen LogP contribution in [0.4, 0.5) is 0 Å². The molecule has 2 rings (SSSR count). The first-order chi connectivity index (χ1) is 8.25. The van der Waals surface area contributed by atoms with E-state index in [2.05, 4.69) is 16.9 Å². The van der Waals surface area contributed by atoms with Crippen molar-refractivity contribution in [3.63, 3.8) is 0 Å². The molecule has 0 spiro atoms. The van der Waals surface area contributed by atoms with Crippen LogP contribution in [0.2, 0.25) is 0 Å². The molecule has 5 nitrogen and oxygen atoms in total. The molecule has 0 unspecified atom stereocenters. The van der Waals surface area contributed by atoms with Crippen molar-refractivity contribution in [3.05, 3.63) is 36.3 Å². The van der Waals surface area contributed by atoms with Gasteiger partial charge in [0.15, 0.2) is 5.76 Å². The van der Waals surface area contributed by atoms with Gasteiger partial charge in [0.05, 0.1) is 6.26 Å². The fourth-order valence-electron chi connectivity index (χ4n) is 1.75. The number of hydrazine groups is 1. The number of nitrogens with one attached hydrogen (secondary N) is 2. The number of allylic oxidation sites excluding steroid dienone is 2. The summed E-state index contributed by atoms with van der Waals surface area (Å²) in [6, 6.07) is 3.14. The van der Waals surface area contributed by atoms with Gasteiger partial charge in [-0.05, 0) is 30.9 Å². The summed E-state index contributed by atoms with van der Waals surface area (Å²) < 4.78 is 4.89. The quantitative estimate of drug-likeness (QED) is 0.613. The van der Waals surface area contributed by atoms with Crippen LogP contribution in [0.3, 0.4) is 0 Å². The molecule has 1 aliphatic rings. The summed E-state index contributed by atoms with van der Waals surface area (Å²) >= 11 is 0. The standard InChI is InChI=1S/C12H14N2O3/c15-11(8-9-4-1-2-5-9)13-14-12(16)10-6-3-7-17-10/h1,3-4,6-7,9H,2,5,8H2,(H,13,15)(H,14,16)/t9-/m0/s1. The van der Waals surface area contributed by atoms with E-state index in [4.69, 9.17) is 4.42 Å². The lowest BCUT2D eigenvalue weighted by molar-refractivity contribution is -0.122. The first-order valence-electron chi connectivity index (χ1n) is 5.55. The minimum atomic E-state index is -0.453. The molecule has 2 N–H and O–H groups in total. The van der Waals surface area contributed by atoms with E-state index in [1.54, 1.807) is 6.07 Å². The Morgan fingerprint density at radius 3 is 2.94 bits per heavy atom. The normalized spacial score (nSPS) is 18.0. The highest BCUT2D eigenvalue weighted by Crippen LogP contribution is 2.19. The van der Waals surface area contributed by atoms with Crippen LogP contribution in [0.5, 0.6) is 0 Å². The van der Waals surface area contributed by atoms with Crippen LogP contribution in [-0.2, 0) is 4.79 Å². The Hall–Kier alpha value is -2.04. The van der Waals surface area contributed by atoms with Gasteiger partial charge in [-0.1, -0.05) is 12.2 Å². The lowest BCUT2D eigenvalue weighted by Gasteiger charge is -2.08. The van der Waals surface area contributed by atoms with Gasteiger partial charge in [-0.3, -0.25) is 20.4 Å². The molecule has 0 saturated carbocycles. The molecule has 0 fully saturated rings. The summed E-state index contributed by atoms with van der Waals surface area (Å²) in [7, 11) is 0. The second-order valence-electron chi connectivity index (χ2n) is 3.95. The van der Waals surface area contributed by atoms with Gasteiger partial charge < -0.3 is 4.42 Å². The number of hydrogen-bond donors (Lipinski definition) is 2. The zero-order valence-electron chi connectivity index (χ0n) is 9.31. The lowest BCUT2D eigenvalue weighted by atomic mass is 10.1. The highest BCUT2D eigenvalue weighted by molar-refractivity contribution is 5.92.